The Kier molecular flexibility index (Phi) is 8.17. The Morgan fingerprint density at radius 2 is 1.79 bits per heavy atom. The van der Waals surface area contributed by atoms with Gasteiger partial charge in [0, 0.05) is 19.0 Å². The van der Waals surface area contributed by atoms with Gasteiger partial charge in [-0.1, -0.05) is 41.4 Å². The highest BCUT2D eigenvalue weighted by molar-refractivity contribution is 8.00. The van der Waals surface area contributed by atoms with Crippen LogP contribution in [0.5, 0.6) is 0 Å². The van der Waals surface area contributed by atoms with Crippen LogP contribution in [0.25, 0.3) is 0 Å². The molecule has 0 fully saturated rings. The fourth-order valence-electron chi connectivity index (χ4n) is 2.03. The average molecular weight is 441 g/mol. The second-order valence-corrected chi connectivity index (χ2v) is 7.60. The molecular weight excluding hydrogens is 423 g/mol. The molecule has 1 N–H and O–H groups in total. The number of nitrogens with zero attached hydrogens (tertiary/aromatic N) is 1. The smallest absolute Gasteiger partial charge is 0.339 e. The number of carbonyl (C=O) groups is 3. The van der Waals surface area contributed by atoms with Crippen LogP contribution < -0.4 is 5.32 Å². The van der Waals surface area contributed by atoms with Gasteiger partial charge >= 0.3 is 5.97 Å². The van der Waals surface area contributed by atoms with Crippen LogP contribution in [0.2, 0.25) is 10.0 Å². The van der Waals surface area contributed by atoms with Gasteiger partial charge in [0.25, 0.3) is 5.91 Å². The van der Waals surface area contributed by atoms with Crippen molar-refractivity contribution in [1.82, 2.24) is 4.90 Å². The highest BCUT2D eigenvalue weighted by atomic mass is 35.5. The van der Waals surface area contributed by atoms with E-state index in [1.807, 2.05) is 0 Å². The zero-order valence-corrected chi connectivity index (χ0v) is 17.5. The van der Waals surface area contributed by atoms with Gasteiger partial charge in [0.1, 0.15) is 0 Å². The van der Waals surface area contributed by atoms with Crippen molar-refractivity contribution in [1.29, 1.82) is 0 Å². The molecule has 0 radical (unpaired) electrons. The summed E-state index contributed by atoms with van der Waals surface area (Å²) in [5.41, 5.74) is 0.612. The minimum absolute atomic E-state index is 0.0778. The summed E-state index contributed by atoms with van der Waals surface area (Å²) < 4.78 is 5.09. The monoisotopic (exact) mass is 440 g/mol. The molecule has 0 spiro atoms. The third-order valence-electron chi connectivity index (χ3n) is 3.52. The third-order valence-corrected chi connectivity index (χ3v) is 5.39. The van der Waals surface area contributed by atoms with Crippen molar-refractivity contribution in [3.8, 4) is 0 Å². The van der Waals surface area contributed by atoms with Crippen molar-refractivity contribution in [3.63, 3.8) is 0 Å². The van der Waals surface area contributed by atoms with Crippen LogP contribution >= 0.6 is 35.0 Å². The number of nitrogens with one attached hydrogen (secondary N) is 1. The molecule has 0 saturated heterocycles. The number of carbonyl (C=O) groups excluding carboxylic acids is 3. The molecule has 0 aliphatic heterocycles. The molecule has 2 amide bonds. The summed E-state index contributed by atoms with van der Waals surface area (Å²) in [5, 5.41) is 3.04. The van der Waals surface area contributed by atoms with Crippen LogP contribution in [0, 0.1) is 0 Å². The average Bonchev–Trinajstić information content (AvgIpc) is 2.68. The molecule has 2 rings (SSSR count). The van der Waals surface area contributed by atoms with E-state index in [2.05, 4.69) is 5.32 Å². The highest BCUT2D eigenvalue weighted by Crippen LogP contribution is 2.29. The fourth-order valence-corrected chi connectivity index (χ4v) is 3.39. The summed E-state index contributed by atoms with van der Waals surface area (Å²) in [4.78, 5) is 38.2. The van der Waals surface area contributed by atoms with E-state index >= 15 is 0 Å². The third kappa shape index (κ3) is 6.15. The SMILES string of the molecule is CN(C)C(=O)CSc1ccccc1C(=O)OCC(=O)Nc1cccc(Cl)c1Cl. The van der Waals surface area contributed by atoms with Gasteiger partial charge in [-0.25, -0.2) is 4.79 Å². The second-order valence-electron chi connectivity index (χ2n) is 5.80. The van der Waals surface area contributed by atoms with Crippen LogP contribution in [0.1, 0.15) is 10.4 Å². The van der Waals surface area contributed by atoms with E-state index in [1.54, 1.807) is 56.6 Å². The minimum atomic E-state index is -0.659. The molecule has 0 aromatic heterocycles. The summed E-state index contributed by atoms with van der Waals surface area (Å²) in [5.74, 6) is -1.10. The number of thioether (sulfide) groups is 1. The Balaban J connectivity index is 1.96. The lowest BCUT2D eigenvalue weighted by Crippen LogP contribution is -2.23. The maximum absolute atomic E-state index is 12.4. The van der Waals surface area contributed by atoms with Crippen LogP contribution in [0.15, 0.2) is 47.4 Å². The molecule has 0 saturated carbocycles. The molecule has 0 aliphatic rings. The first kappa shape index (κ1) is 22.1. The van der Waals surface area contributed by atoms with Gasteiger partial charge < -0.3 is 15.0 Å². The maximum atomic E-state index is 12.4. The van der Waals surface area contributed by atoms with Crippen molar-refractivity contribution < 1.29 is 19.1 Å². The maximum Gasteiger partial charge on any atom is 0.339 e. The minimum Gasteiger partial charge on any atom is -0.452 e. The van der Waals surface area contributed by atoms with Gasteiger partial charge in [0.2, 0.25) is 5.91 Å². The molecule has 0 unspecified atom stereocenters. The number of benzene rings is 2. The lowest BCUT2D eigenvalue weighted by molar-refractivity contribution is -0.125. The first-order valence-electron chi connectivity index (χ1n) is 8.12. The zero-order valence-electron chi connectivity index (χ0n) is 15.2. The van der Waals surface area contributed by atoms with E-state index in [1.165, 1.54) is 16.7 Å². The normalized spacial score (nSPS) is 10.3. The van der Waals surface area contributed by atoms with Crippen molar-refractivity contribution in [3.05, 3.63) is 58.1 Å². The Morgan fingerprint density at radius 3 is 2.50 bits per heavy atom. The summed E-state index contributed by atoms with van der Waals surface area (Å²) in [7, 11) is 3.32. The van der Waals surface area contributed by atoms with Gasteiger partial charge in [-0.3, -0.25) is 9.59 Å². The second kappa shape index (κ2) is 10.4. The molecule has 28 heavy (non-hydrogen) atoms. The quantitative estimate of drug-likeness (QED) is 0.520. The highest BCUT2D eigenvalue weighted by Gasteiger charge is 2.16. The molecule has 0 heterocycles. The number of anilines is 1. The van der Waals surface area contributed by atoms with Crippen molar-refractivity contribution in [2.75, 3.05) is 31.8 Å². The van der Waals surface area contributed by atoms with Gasteiger partial charge in [-0.15, -0.1) is 11.8 Å². The number of esters is 1. The van der Waals surface area contributed by atoms with E-state index in [4.69, 9.17) is 27.9 Å². The number of amides is 2. The molecule has 6 nitrogen and oxygen atoms in total. The molecule has 0 bridgehead atoms. The van der Waals surface area contributed by atoms with E-state index in [0.29, 0.717) is 15.6 Å². The van der Waals surface area contributed by atoms with Gasteiger partial charge in [-0.2, -0.15) is 0 Å². The van der Waals surface area contributed by atoms with E-state index < -0.39 is 18.5 Å². The zero-order chi connectivity index (χ0) is 20.7. The molecule has 9 heteroatoms. The van der Waals surface area contributed by atoms with Crippen LogP contribution in [-0.2, 0) is 14.3 Å². The molecule has 0 aliphatic carbocycles. The molecule has 0 atom stereocenters. The van der Waals surface area contributed by atoms with E-state index in [0.717, 1.165) is 0 Å². The fraction of sp³-hybridized carbons (Fsp3) is 0.211. The summed E-state index contributed by atoms with van der Waals surface area (Å²) in [6.07, 6.45) is 0. The Hall–Kier alpha value is -2.22. The Labute approximate surface area is 177 Å². The Morgan fingerprint density at radius 1 is 1.07 bits per heavy atom. The van der Waals surface area contributed by atoms with E-state index in [-0.39, 0.29) is 22.2 Å². The number of halogens is 2. The topological polar surface area (TPSA) is 75.7 Å². The van der Waals surface area contributed by atoms with E-state index in [9.17, 15) is 14.4 Å². The largest absolute Gasteiger partial charge is 0.452 e. The summed E-state index contributed by atoms with van der Waals surface area (Å²) in [6, 6.07) is 11.6. The Bertz CT molecular complexity index is 890. The summed E-state index contributed by atoms with van der Waals surface area (Å²) in [6.45, 7) is -0.489. The number of hydrogen-bond donors (Lipinski definition) is 1. The molecular formula is C19H18Cl2N2O4S. The molecule has 148 valence electrons. The molecule has 2 aromatic rings. The molecule has 2 aromatic carbocycles. The van der Waals surface area contributed by atoms with Crippen LogP contribution in [-0.4, -0.2) is 49.1 Å². The standard InChI is InChI=1S/C19H18Cl2N2O4S/c1-23(2)17(25)11-28-15-9-4-3-6-12(15)19(26)27-10-16(24)22-14-8-5-7-13(20)18(14)21/h3-9H,10-11H2,1-2H3,(H,22,24). The van der Waals surface area contributed by atoms with Crippen molar-refractivity contribution >= 4 is 58.4 Å². The number of rotatable bonds is 7. The lowest BCUT2D eigenvalue weighted by atomic mass is 10.2. The lowest BCUT2D eigenvalue weighted by Gasteiger charge is -2.12. The number of ether oxygens (including phenoxy) is 1. The van der Waals surface area contributed by atoms with Gasteiger partial charge in [-0.05, 0) is 24.3 Å². The van der Waals surface area contributed by atoms with Crippen LogP contribution in [0.3, 0.4) is 0 Å². The number of hydrogen-bond acceptors (Lipinski definition) is 5. The van der Waals surface area contributed by atoms with Crippen LogP contribution in [0.4, 0.5) is 5.69 Å². The first-order chi connectivity index (χ1) is 13.3. The predicted octanol–water partition coefficient (Wildman–Crippen LogP) is 3.97. The summed E-state index contributed by atoms with van der Waals surface area (Å²) >= 11 is 13.1. The van der Waals surface area contributed by atoms with Crippen molar-refractivity contribution in [2.24, 2.45) is 0 Å². The van der Waals surface area contributed by atoms with Crippen molar-refractivity contribution in [2.45, 2.75) is 4.90 Å². The first-order valence-corrected chi connectivity index (χ1v) is 9.86. The predicted molar refractivity (Wildman–Crippen MR) is 111 cm³/mol. The van der Waals surface area contributed by atoms with Gasteiger partial charge in [0.15, 0.2) is 6.61 Å². The van der Waals surface area contributed by atoms with Gasteiger partial charge in [0.05, 0.1) is 27.0 Å².